The van der Waals surface area contributed by atoms with Crippen molar-refractivity contribution in [3.05, 3.63) is 46.0 Å². The number of nitrogens with one attached hydrogen (secondary N) is 1. The maximum atomic E-state index is 5.23. The van der Waals surface area contributed by atoms with Crippen molar-refractivity contribution in [2.75, 3.05) is 0 Å². The first-order valence-corrected chi connectivity index (χ1v) is 6.31. The summed E-state index contributed by atoms with van der Waals surface area (Å²) in [7, 11) is 0. The van der Waals surface area contributed by atoms with E-state index in [0.717, 1.165) is 30.0 Å². The van der Waals surface area contributed by atoms with Crippen molar-refractivity contribution in [2.45, 2.75) is 33.2 Å². The van der Waals surface area contributed by atoms with Crippen LogP contribution in [0.25, 0.3) is 0 Å². The summed E-state index contributed by atoms with van der Waals surface area (Å²) in [6.07, 6.45) is 1.89. The Labute approximate surface area is 106 Å². The molecule has 0 aliphatic heterocycles. The van der Waals surface area contributed by atoms with Crippen LogP contribution in [0.3, 0.4) is 0 Å². The molecule has 2 rings (SSSR count). The van der Waals surface area contributed by atoms with Gasteiger partial charge in [0.05, 0.1) is 0 Å². The average molecular weight is 247 g/mol. The molecule has 0 saturated carbocycles. The Hall–Kier alpha value is -1.42. The molecule has 1 N–H and O–H groups in total. The summed E-state index contributed by atoms with van der Waals surface area (Å²) in [6.45, 7) is 5.17. The summed E-state index contributed by atoms with van der Waals surface area (Å²) < 4.78 is 2.80. The van der Waals surface area contributed by atoms with Crippen molar-refractivity contribution in [3.8, 4) is 0 Å². The number of benzene rings is 1. The van der Waals surface area contributed by atoms with Gasteiger partial charge in [-0.3, -0.25) is 5.10 Å². The van der Waals surface area contributed by atoms with Gasteiger partial charge >= 0.3 is 0 Å². The Balaban J connectivity index is 2.27. The van der Waals surface area contributed by atoms with Crippen molar-refractivity contribution in [2.24, 2.45) is 0 Å². The quantitative estimate of drug-likeness (QED) is 0.841. The molecule has 0 fully saturated rings. The highest BCUT2D eigenvalue weighted by molar-refractivity contribution is 7.71. The molecule has 0 amide bonds. The predicted octanol–water partition coefficient (Wildman–Crippen LogP) is 3.25. The van der Waals surface area contributed by atoms with Crippen molar-refractivity contribution in [3.63, 3.8) is 0 Å². The normalized spacial score (nSPS) is 10.7. The highest BCUT2D eigenvalue weighted by atomic mass is 32.1. The Morgan fingerprint density at radius 3 is 2.94 bits per heavy atom. The van der Waals surface area contributed by atoms with Crippen LogP contribution in [0.5, 0.6) is 0 Å². The van der Waals surface area contributed by atoms with Gasteiger partial charge in [0.2, 0.25) is 0 Å². The van der Waals surface area contributed by atoms with E-state index in [-0.39, 0.29) is 0 Å². The molecule has 0 saturated heterocycles. The zero-order valence-electron chi connectivity index (χ0n) is 10.2. The Morgan fingerprint density at radius 1 is 1.41 bits per heavy atom. The van der Waals surface area contributed by atoms with E-state index in [1.807, 2.05) is 0 Å². The summed E-state index contributed by atoms with van der Waals surface area (Å²) in [5.41, 5.74) is 2.55. The SMILES string of the molecule is CCCn1c(Cc2cccc(C)c2)n[nH]c1=S. The Morgan fingerprint density at radius 2 is 2.24 bits per heavy atom. The second kappa shape index (κ2) is 5.27. The van der Waals surface area contributed by atoms with Gasteiger partial charge in [-0.2, -0.15) is 5.10 Å². The van der Waals surface area contributed by atoms with Gasteiger partial charge in [-0.05, 0) is 31.1 Å². The van der Waals surface area contributed by atoms with Gasteiger partial charge in [0.25, 0.3) is 0 Å². The van der Waals surface area contributed by atoms with Gasteiger partial charge in [0.1, 0.15) is 5.82 Å². The van der Waals surface area contributed by atoms with Crippen LogP contribution in [0.15, 0.2) is 24.3 Å². The molecule has 17 heavy (non-hydrogen) atoms. The summed E-state index contributed by atoms with van der Waals surface area (Å²) in [5.74, 6) is 1.02. The van der Waals surface area contributed by atoms with Crippen LogP contribution in [0.2, 0.25) is 0 Å². The number of hydrogen-bond donors (Lipinski definition) is 1. The van der Waals surface area contributed by atoms with Crippen LogP contribution in [-0.4, -0.2) is 14.8 Å². The number of aromatic amines is 1. The monoisotopic (exact) mass is 247 g/mol. The van der Waals surface area contributed by atoms with Crippen molar-refractivity contribution < 1.29 is 0 Å². The molecule has 0 aliphatic carbocycles. The molecule has 0 atom stereocenters. The molecule has 0 radical (unpaired) electrons. The number of nitrogens with zero attached hydrogens (tertiary/aromatic N) is 2. The maximum Gasteiger partial charge on any atom is 0.195 e. The minimum Gasteiger partial charge on any atom is -0.304 e. The van der Waals surface area contributed by atoms with E-state index in [1.165, 1.54) is 11.1 Å². The molecular formula is C13H17N3S. The molecule has 1 aromatic heterocycles. The topological polar surface area (TPSA) is 33.6 Å². The van der Waals surface area contributed by atoms with Crippen LogP contribution < -0.4 is 0 Å². The van der Waals surface area contributed by atoms with Gasteiger partial charge in [0, 0.05) is 13.0 Å². The third-order valence-electron chi connectivity index (χ3n) is 2.73. The van der Waals surface area contributed by atoms with Crippen molar-refractivity contribution in [1.82, 2.24) is 14.8 Å². The number of hydrogen-bond acceptors (Lipinski definition) is 2. The lowest BCUT2D eigenvalue weighted by molar-refractivity contribution is 0.639. The van der Waals surface area contributed by atoms with E-state index < -0.39 is 0 Å². The van der Waals surface area contributed by atoms with Crippen molar-refractivity contribution >= 4 is 12.2 Å². The third-order valence-corrected chi connectivity index (χ3v) is 3.04. The van der Waals surface area contributed by atoms with E-state index in [1.54, 1.807) is 0 Å². The minimum atomic E-state index is 0.717. The Kier molecular flexibility index (Phi) is 3.74. The van der Waals surface area contributed by atoms with E-state index in [9.17, 15) is 0 Å². The first-order valence-electron chi connectivity index (χ1n) is 5.90. The fourth-order valence-corrected chi connectivity index (χ4v) is 2.19. The minimum absolute atomic E-state index is 0.717. The highest BCUT2D eigenvalue weighted by Gasteiger charge is 2.06. The summed E-state index contributed by atoms with van der Waals surface area (Å²) in [5, 5.41) is 7.18. The number of aryl methyl sites for hydroxylation is 1. The van der Waals surface area contributed by atoms with E-state index in [0.29, 0.717) is 0 Å². The fraction of sp³-hybridized carbons (Fsp3) is 0.385. The molecule has 1 heterocycles. The third kappa shape index (κ3) is 2.82. The van der Waals surface area contributed by atoms with Gasteiger partial charge in [0.15, 0.2) is 4.77 Å². The van der Waals surface area contributed by atoms with Gasteiger partial charge < -0.3 is 4.57 Å². The second-order valence-electron chi connectivity index (χ2n) is 4.26. The molecule has 0 aliphatic rings. The van der Waals surface area contributed by atoms with E-state index >= 15 is 0 Å². The van der Waals surface area contributed by atoms with Gasteiger partial charge in [-0.25, -0.2) is 0 Å². The Bertz CT molecular complexity index is 554. The molecule has 3 nitrogen and oxygen atoms in total. The fourth-order valence-electron chi connectivity index (χ4n) is 1.94. The maximum absolute atomic E-state index is 5.23. The molecule has 1 aromatic carbocycles. The summed E-state index contributed by atoms with van der Waals surface area (Å²) in [6, 6.07) is 8.50. The summed E-state index contributed by atoms with van der Waals surface area (Å²) in [4.78, 5) is 0. The van der Waals surface area contributed by atoms with Crippen LogP contribution in [0, 0.1) is 11.7 Å². The zero-order valence-corrected chi connectivity index (χ0v) is 11.0. The number of aromatic nitrogens is 3. The van der Waals surface area contributed by atoms with Crippen LogP contribution in [0.1, 0.15) is 30.3 Å². The lowest BCUT2D eigenvalue weighted by Crippen LogP contribution is -2.04. The van der Waals surface area contributed by atoms with Gasteiger partial charge in [-0.1, -0.05) is 36.8 Å². The second-order valence-corrected chi connectivity index (χ2v) is 4.65. The zero-order chi connectivity index (χ0) is 12.3. The standard InChI is InChI=1S/C13H17N3S/c1-3-7-16-12(14-15-13(16)17)9-11-6-4-5-10(2)8-11/h4-6,8H,3,7,9H2,1-2H3,(H,15,17). The highest BCUT2D eigenvalue weighted by Crippen LogP contribution is 2.10. The van der Waals surface area contributed by atoms with Crippen LogP contribution in [0.4, 0.5) is 0 Å². The molecule has 4 heteroatoms. The lowest BCUT2D eigenvalue weighted by atomic mass is 10.1. The molecule has 90 valence electrons. The predicted molar refractivity (Wildman–Crippen MR) is 71.7 cm³/mol. The molecule has 0 spiro atoms. The van der Waals surface area contributed by atoms with Gasteiger partial charge in [-0.15, -0.1) is 0 Å². The summed E-state index contributed by atoms with van der Waals surface area (Å²) >= 11 is 5.23. The molecule has 0 bridgehead atoms. The smallest absolute Gasteiger partial charge is 0.195 e. The van der Waals surface area contributed by atoms with Crippen molar-refractivity contribution in [1.29, 1.82) is 0 Å². The molecule has 0 unspecified atom stereocenters. The number of H-pyrrole nitrogens is 1. The van der Waals surface area contributed by atoms with E-state index in [4.69, 9.17) is 12.2 Å². The first-order chi connectivity index (χ1) is 8.20. The lowest BCUT2D eigenvalue weighted by Gasteiger charge is -2.05. The van der Waals surface area contributed by atoms with Crippen LogP contribution in [-0.2, 0) is 13.0 Å². The largest absolute Gasteiger partial charge is 0.304 e. The molecule has 2 aromatic rings. The molecular weight excluding hydrogens is 230 g/mol. The average Bonchev–Trinajstić information content (AvgIpc) is 2.62. The number of rotatable bonds is 4. The first kappa shape index (κ1) is 12.0. The van der Waals surface area contributed by atoms with E-state index in [2.05, 4.69) is 52.9 Å². The van der Waals surface area contributed by atoms with Crippen LogP contribution >= 0.6 is 12.2 Å².